The van der Waals surface area contributed by atoms with Gasteiger partial charge in [0.1, 0.15) is 17.3 Å². The fourth-order valence-corrected chi connectivity index (χ4v) is 2.69. The number of carbonyl (C=O) groups excluding carboxylic acids is 1. The minimum absolute atomic E-state index is 0.0204. The fraction of sp³-hybridized carbons (Fsp3) is 0.0556. The Bertz CT molecular complexity index is 1020. The van der Waals surface area contributed by atoms with Gasteiger partial charge in [0, 0.05) is 34.9 Å². The van der Waals surface area contributed by atoms with E-state index in [1.165, 1.54) is 12.3 Å². The number of pyridine rings is 1. The highest BCUT2D eigenvalue weighted by molar-refractivity contribution is 6.31. The Morgan fingerprint density at radius 3 is 2.92 bits per heavy atom. The molecule has 0 atom stereocenters. The molecular weight excluding hydrogens is 359 g/mol. The molecule has 5 nitrogen and oxygen atoms in total. The van der Waals surface area contributed by atoms with Crippen molar-refractivity contribution < 1.29 is 4.79 Å². The van der Waals surface area contributed by atoms with Gasteiger partial charge in [0.15, 0.2) is 0 Å². The molecule has 3 rings (SSSR count). The van der Waals surface area contributed by atoms with E-state index in [4.69, 9.17) is 23.2 Å². The van der Waals surface area contributed by atoms with Crippen LogP contribution in [-0.4, -0.2) is 15.9 Å². The molecule has 3 aromatic rings. The highest BCUT2D eigenvalue weighted by Crippen LogP contribution is 2.22. The van der Waals surface area contributed by atoms with Crippen molar-refractivity contribution in [3.05, 3.63) is 69.5 Å². The summed E-state index contributed by atoms with van der Waals surface area (Å²) in [6.45, 7) is 0.235. The third kappa shape index (κ3) is 3.82. The number of amides is 1. The molecule has 0 saturated heterocycles. The van der Waals surface area contributed by atoms with Crippen LogP contribution in [0.3, 0.4) is 0 Å². The lowest BCUT2D eigenvalue weighted by Gasteiger charge is -2.06. The fourth-order valence-electron chi connectivity index (χ4n) is 2.33. The van der Waals surface area contributed by atoms with Gasteiger partial charge in [0.2, 0.25) is 0 Å². The smallest absolute Gasteiger partial charge is 0.262 e. The van der Waals surface area contributed by atoms with Crippen LogP contribution in [0.5, 0.6) is 0 Å². The lowest BCUT2D eigenvalue weighted by atomic mass is 10.1. The van der Waals surface area contributed by atoms with Crippen molar-refractivity contribution in [3.63, 3.8) is 0 Å². The minimum atomic E-state index is -0.480. The molecular formula is C18H12Cl2N4O. The van der Waals surface area contributed by atoms with E-state index in [0.29, 0.717) is 21.3 Å². The third-order valence-electron chi connectivity index (χ3n) is 3.59. The second-order valence-corrected chi connectivity index (χ2v) is 6.08. The molecule has 0 spiro atoms. The standard InChI is InChI=1S/C18H12Cl2N4O/c19-14-6-15-13(9-22-17(15)23-10-14)5-12(7-21)18(25)24-8-11-3-1-2-4-16(11)20/h1-6,9-10H,8H2,(H,22,23)(H,24,25)/b12-5+. The number of nitrogens with one attached hydrogen (secondary N) is 2. The minimum Gasteiger partial charge on any atom is -0.347 e. The molecule has 1 aromatic carbocycles. The van der Waals surface area contributed by atoms with Crippen LogP contribution >= 0.6 is 23.2 Å². The van der Waals surface area contributed by atoms with E-state index in [1.54, 1.807) is 18.3 Å². The summed E-state index contributed by atoms with van der Waals surface area (Å²) in [6.07, 6.45) is 4.70. The second-order valence-electron chi connectivity index (χ2n) is 5.24. The van der Waals surface area contributed by atoms with Gasteiger partial charge in [-0.1, -0.05) is 41.4 Å². The summed E-state index contributed by atoms with van der Waals surface area (Å²) in [4.78, 5) is 19.4. The summed E-state index contributed by atoms with van der Waals surface area (Å²) in [7, 11) is 0. The molecule has 124 valence electrons. The first kappa shape index (κ1) is 17.0. The van der Waals surface area contributed by atoms with E-state index in [9.17, 15) is 10.1 Å². The van der Waals surface area contributed by atoms with Gasteiger partial charge in [-0.3, -0.25) is 4.79 Å². The number of aromatic amines is 1. The summed E-state index contributed by atoms with van der Waals surface area (Å²) in [5, 5.41) is 13.8. The highest BCUT2D eigenvalue weighted by atomic mass is 35.5. The van der Waals surface area contributed by atoms with Gasteiger partial charge < -0.3 is 10.3 Å². The van der Waals surface area contributed by atoms with E-state index in [1.807, 2.05) is 24.3 Å². The van der Waals surface area contributed by atoms with Crippen LogP contribution in [0.2, 0.25) is 10.0 Å². The molecule has 0 aliphatic rings. The number of fused-ring (bicyclic) bond motifs is 1. The topological polar surface area (TPSA) is 81.6 Å². The Hall–Kier alpha value is -2.81. The maximum atomic E-state index is 12.3. The van der Waals surface area contributed by atoms with Gasteiger partial charge in [-0.05, 0) is 23.8 Å². The van der Waals surface area contributed by atoms with Gasteiger partial charge in [-0.25, -0.2) is 4.98 Å². The normalized spacial score (nSPS) is 11.3. The molecule has 0 fully saturated rings. The number of benzene rings is 1. The number of rotatable bonds is 4. The van der Waals surface area contributed by atoms with Crippen molar-refractivity contribution in [2.24, 2.45) is 0 Å². The Labute approximate surface area is 153 Å². The summed E-state index contributed by atoms with van der Waals surface area (Å²) in [6, 6.07) is 10.8. The number of halogens is 2. The number of nitriles is 1. The molecule has 2 heterocycles. The first-order valence-electron chi connectivity index (χ1n) is 7.34. The quantitative estimate of drug-likeness (QED) is 0.535. The molecule has 0 aliphatic carbocycles. The molecule has 0 unspecified atom stereocenters. The predicted octanol–water partition coefficient (Wildman–Crippen LogP) is 4.09. The average molecular weight is 371 g/mol. The molecule has 0 bridgehead atoms. The molecule has 2 N–H and O–H groups in total. The summed E-state index contributed by atoms with van der Waals surface area (Å²) in [5.41, 5.74) is 2.05. The van der Waals surface area contributed by atoms with Crippen LogP contribution in [0.25, 0.3) is 17.1 Å². The Morgan fingerprint density at radius 2 is 2.16 bits per heavy atom. The maximum absolute atomic E-state index is 12.3. The van der Waals surface area contributed by atoms with Crippen LogP contribution in [-0.2, 0) is 11.3 Å². The summed E-state index contributed by atoms with van der Waals surface area (Å²) < 4.78 is 0. The first-order valence-corrected chi connectivity index (χ1v) is 8.10. The Kier molecular flexibility index (Phi) is 5.03. The zero-order chi connectivity index (χ0) is 17.8. The zero-order valence-corrected chi connectivity index (χ0v) is 14.4. The molecule has 25 heavy (non-hydrogen) atoms. The number of aromatic nitrogens is 2. The van der Waals surface area contributed by atoms with Crippen LogP contribution in [0.1, 0.15) is 11.1 Å². The lowest BCUT2D eigenvalue weighted by molar-refractivity contribution is -0.117. The van der Waals surface area contributed by atoms with E-state index >= 15 is 0 Å². The molecule has 7 heteroatoms. The summed E-state index contributed by atoms with van der Waals surface area (Å²) >= 11 is 12.0. The van der Waals surface area contributed by atoms with Crippen LogP contribution in [0.4, 0.5) is 0 Å². The van der Waals surface area contributed by atoms with Gasteiger partial charge in [0.05, 0.1) is 5.02 Å². The van der Waals surface area contributed by atoms with Crippen LogP contribution in [0.15, 0.2) is 48.3 Å². The van der Waals surface area contributed by atoms with Crippen molar-refractivity contribution in [1.82, 2.24) is 15.3 Å². The number of nitrogens with zero attached hydrogens (tertiary/aromatic N) is 2. The second kappa shape index (κ2) is 7.39. The van der Waals surface area contributed by atoms with Crippen LogP contribution < -0.4 is 5.32 Å². The SMILES string of the molecule is N#C/C(=C\c1c[nH]c2ncc(Cl)cc12)C(=O)NCc1ccccc1Cl. The van der Waals surface area contributed by atoms with Gasteiger partial charge >= 0.3 is 0 Å². The molecule has 0 radical (unpaired) electrons. The van der Waals surface area contributed by atoms with Crippen molar-refractivity contribution in [2.45, 2.75) is 6.54 Å². The maximum Gasteiger partial charge on any atom is 0.262 e. The number of hydrogen-bond donors (Lipinski definition) is 2. The number of hydrogen-bond acceptors (Lipinski definition) is 3. The van der Waals surface area contributed by atoms with Crippen molar-refractivity contribution >= 4 is 46.2 Å². The van der Waals surface area contributed by atoms with Gasteiger partial charge in [-0.15, -0.1) is 0 Å². The largest absolute Gasteiger partial charge is 0.347 e. The summed E-state index contributed by atoms with van der Waals surface area (Å²) in [5.74, 6) is -0.480. The number of carbonyl (C=O) groups is 1. The van der Waals surface area contributed by atoms with Crippen molar-refractivity contribution in [1.29, 1.82) is 5.26 Å². The Balaban J connectivity index is 1.82. The van der Waals surface area contributed by atoms with E-state index in [2.05, 4.69) is 15.3 Å². The monoisotopic (exact) mass is 370 g/mol. The third-order valence-corrected chi connectivity index (χ3v) is 4.17. The molecule has 2 aromatic heterocycles. The first-order chi connectivity index (χ1) is 12.1. The number of H-pyrrole nitrogens is 1. The average Bonchev–Trinajstić information content (AvgIpc) is 3.00. The molecule has 1 amide bonds. The Morgan fingerprint density at radius 1 is 1.36 bits per heavy atom. The van der Waals surface area contributed by atoms with Crippen molar-refractivity contribution in [2.75, 3.05) is 0 Å². The zero-order valence-electron chi connectivity index (χ0n) is 12.9. The molecule has 0 saturated carbocycles. The van der Waals surface area contributed by atoms with Gasteiger partial charge in [-0.2, -0.15) is 5.26 Å². The van der Waals surface area contributed by atoms with Gasteiger partial charge in [0.25, 0.3) is 5.91 Å². The lowest BCUT2D eigenvalue weighted by Crippen LogP contribution is -2.24. The van der Waals surface area contributed by atoms with Crippen LogP contribution in [0, 0.1) is 11.3 Å². The van der Waals surface area contributed by atoms with Crippen molar-refractivity contribution in [3.8, 4) is 6.07 Å². The van der Waals surface area contributed by atoms with E-state index in [-0.39, 0.29) is 12.1 Å². The predicted molar refractivity (Wildman–Crippen MR) is 98.0 cm³/mol. The highest BCUT2D eigenvalue weighted by Gasteiger charge is 2.12. The van der Waals surface area contributed by atoms with E-state index in [0.717, 1.165) is 10.9 Å². The van der Waals surface area contributed by atoms with E-state index < -0.39 is 5.91 Å². The molecule has 0 aliphatic heterocycles.